The summed E-state index contributed by atoms with van der Waals surface area (Å²) in [6.07, 6.45) is 0.356. The molecule has 1 aliphatic carbocycles. The van der Waals surface area contributed by atoms with Gasteiger partial charge in [0.1, 0.15) is 0 Å². The van der Waals surface area contributed by atoms with Gasteiger partial charge in [-0.25, -0.2) is 9.59 Å². The minimum Gasteiger partial charge on any atom is -0.433 e. The fourth-order valence-corrected chi connectivity index (χ4v) is 1.28. The number of hydrogen-bond donors (Lipinski definition) is 0. The van der Waals surface area contributed by atoms with E-state index in [1.54, 1.807) is 20.8 Å². The Bertz CT molecular complexity index is 395. The van der Waals surface area contributed by atoms with E-state index >= 15 is 0 Å². The molecule has 0 heterocycles. The minimum atomic E-state index is -0.798. The second kappa shape index (κ2) is 6.52. The molecule has 1 rings (SSSR count). The third-order valence-electron chi connectivity index (χ3n) is 2.53. The largest absolute Gasteiger partial charge is 0.433 e. The quantitative estimate of drug-likeness (QED) is 0.403. The molecule has 0 aromatic rings. The Balaban J connectivity index is 2.49. The maximum atomic E-state index is 11.5. The second-order valence-electron chi connectivity index (χ2n) is 4.78. The van der Waals surface area contributed by atoms with Gasteiger partial charge in [0.05, 0.1) is 0 Å². The Labute approximate surface area is 113 Å². The van der Waals surface area contributed by atoms with Crippen molar-refractivity contribution in [1.82, 2.24) is 0 Å². The van der Waals surface area contributed by atoms with Gasteiger partial charge in [-0.1, -0.05) is 13.2 Å². The molecular weight excluding hydrogens is 248 g/mol. The van der Waals surface area contributed by atoms with Crippen LogP contribution in [0.25, 0.3) is 0 Å². The van der Waals surface area contributed by atoms with Crippen molar-refractivity contribution in [3.63, 3.8) is 0 Å². The number of rotatable bonds is 7. The SMILES string of the molecule is C=C(C)C(=O)OC(C)OC(OC(=O)C(=C)C)C1CC1. The summed E-state index contributed by atoms with van der Waals surface area (Å²) in [4.78, 5) is 22.8. The van der Waals surface area contributed by atoms with Crippen LogP contribution in [0.3, 0.4) is 0 Å². The topological polar surface area (TPSA) is 61.8 Å². The zero-order valence-electron chi connectivity index (χ0n) is 11.6. The van der Waals surface area contributed by atoms with Gasteiger partial charge in [0.25, 0.3) is 0 Å². The standard InChI is InChI=1S/C14H20O5/c1-8(2)12(15)17-10(5)18-14(11-6-7-11)19-13(16)9(3)4/h10-11,14H,1,3,6-7H2,2,4-5H3. The Morgan fingerprint density at radius 2 is 1.53 bits per heavy atom. The first kappa shape index (κ1) is 15.4. The van der Waals surface area contributed by atoms with Crippen molar-refractivity contribution >= 4 is 11.9 Å². The van der Waals surface area contributed by atoms with Gasteiger partial charge in [-0.2, -0.15) is 0 Å². The molecule has 0 radical (unpaired) electrons. The summed E-state index contributed by atoms with van der Waals surface area (Å²) in [6, 6.07) is 0. The average Bonchev–Trinajstić information content (AvgIpc) is 3.11. The van der Waals surface area contributed by atoms with E-state index < -0.39 is 24.5 Å². The first-order valence-corrected chi connectivity index (χ1v) is 6.19. The monoisotopic (exact) mass is 268 g/mol. The molecule has 0 bridgehead atoms. The maximum Gasteiger partial charge on any atom is 0.335 e. The summed E-state index contributed by atoms with van der Waals surface area (Å²) in [7, 11) is 0. The fraction of sp³-hybridized carbons (Fsp3) is 0.571. The van der Waals surface area contributed by atoms with Crippen LogP contribution in [0.2, 0.25) is 0 Å². The van der Waals surface area contributed by atoms with E-state index in [1.165, 1.54) is 0 Å². The lowest BCUT2D eigenvalue weighted by atomic mass is 10.3. The zero-order valence-corrected chi connectivity index (χ0v) is 11.6. The summed E-state index contributed by atoms with van der Waals surface area (Å²) in [5, 5.41) is 0. The lowest BCUT2D eigenvalue weighted by Crippen LogP contribution is -2.30. The molecule has 19 heavy (non-hydrogen) atoms. The van der Waals surface area contributed by atoms with Crippen LogP contribution in [0.15, 0.2) is 24.3 Å². The molecule has 2 unspecified atom stereocenters. The molecule has 0 N–H and O–H groups in total. The van der Waals surface area contributed by atoms with Crippen LogP contribution in [-0.2, 0) is 23.8 Å². The third-order valence-corrected chi connectivity index (χ3v) is 2.53. The van der Waals surface area contributed by atoms with Crippen LogP contribution in [0.5, 0.6) is 0 Å². The highest BCUT2D eigenvalue weighted by Gasteiger charge is 2.36. The van der Waals surface area contributed by atoms with Crippen molar-refractivity contribution in [1.29, 1.82) is 0 Å². The molecule has 0 saturated heterocycles. The molecule has 1 saturated carbocycles. The lowest BCUT2D eigenvalue weighted by molar-refractivity contribution is -0.234. The van der Waals surface area contributed by atoms with E-state index in [4.69, 9.17) is 14.2 Å². The van der Waals surface area contributed by atoms with Crippen LogP contribution in [0.1, 0.15) is 33.6 Å². The number of carbonyl (C=O) groups excluding carboxylic acids is 2. The molecule has 1 fully saturated rings. The Hall–Kier alpha value is -1.62. The molecule has 0 aromatic carbocycles. The molecule has 0 aliphatic heterocycles. The zero-order chi connectivity index (χ0) is 14.6. The molecular formula is C14H20O5. The van der Waals surface area contributed by atoms with E-state index in [0.29, 0.717) is 5.57 Å². The first-order chi connectivity index (χ1) is 8.81. The van der Waals surface area contributed by atoms with Crippen molar-refractivity contribution in [2.45, 2.75) is 46.2 Å². The summed E-state index contributed by atoms with van der Waals surface area (Å²) in [5.41, 5.74) is 0.596. The van der Waals surface area contributed by atoms with Crippen LogP contribution in [0.4, 0.5) is 0 Å². The van der Waals surface area contributed by atoms with Gasteiger partial charge in [0.15, 0.2) is 0 Å². The summed E-state index contributed by atoms with van der Waals surface area (Å²) < 4.78 is 15.6. The van der Waals surface area contributed by atoms with Crippen LogP contribution < -0.4 is 0 Å². The minimum absolute atomic E-state index is 0.161. The Morgan fingerprint density at radius 3 is 1.95 bits per heavy atom. The van der Waals surface area contributed by atoms with Gasteiger partial charge in [0.2, 0.25) is 12.6 Å². The van der Waals surface area contributed by atoms with Gasteiger partial charge in [-0.05, 0) is 33.6 Å². The van der Waals surface area contributed by atoms with Gasteiger partial charge < -0.3 is 14.2 Å². The molecule has 0 spiro atoms. The Kier molecular flexibility index (Phi) is 5.30. The fourth-order valence-electron chi connectivity index (χ4n) is 1.28. The van der Waals surface area contributed by atoms with E-state index in [-0.39, 0.29) is 11.5 Å². The number of carbonyl (C=O) groups is 2. The summed E-state index contributed by atoms with van der Waals surface area (Å²) in [6.45, 7) is 11.7. The van der Waals surface area contributed by atoms with Gasteiger partial charge in [0, 0.05) is 17.1 Å². The van der Waals surface area contributed by atoms with Crippen LogP contribution in [-0.4, -0.2) is 24.5 Å². The normalized spacial score (nSPS) is 17.2. The highest BCUT2D eigenvalue weighted by atomic mass is 16.8. The molecule has 0 aromatic heterocycles. The average molecular weight is 268 g/mol. The highest BCUT2D eigenvalue weighted by Crippen LogP contribution is 2.35. The van der Waals surface area contributed by atoms with E-state index in [1.807, 2.05) is 0 Å². The third kappa shape index (κ3) is 5.26. The number of ether oxygens (including phenoxy) is 3. The van der Waals surface area contributed by atoms with Gasteiger partial charge >= 0.3 is 11.9 Å². The number of esters is 2. The van der Waals surface area contributed by atoms with Gasteiger partial charge in [-0.3, -0.25) is 0 Å². The first-order valence-electron chi connectivity index (χ1n) is 6.19. The van der Waals surface area contributed by atoms with Crippen molar-refractivity contribution in [2.75, 3.05) is 0 Å². The molecule has 0 amide bonds. The predicted molar refractivity (Wildman–Crippen MR) is 68.9 cm³/mol. The molecule has 2 atom stereocenters. The van der Waals surface area contributed by atoms with Crippen LogP contribution in [0, 0.1) is 5.92 Å². The number of hydrogen-bond acceptors (Lipinski definition) is 5. The van der Waals surface area contributed by atoms with Gasteiger partial charge in [-0.15, -0.1) is 0 Å². The lowest BCUT2D eigenvalue weighted by Gasteiger charge is -2.22. The maximum absolute atomic E-state index is 11.5. The Morgan fingerprint density at radius 1 is 1.05 bits per heavy atom. The smallest absolute Gasteiger partial charge is 0.335 e. The van der Waals surface area contributed by atoms with E-state index in [0.717, 1.165) is 12.8 Å². The molecule has 106 valence electrons. The molecule has 5 heteroatoms. The van der Waals surface area contributed by atoms with Crippen molar-refractivity contribution in [3.05, 3.63) is 24.3 Å². The van der Waals surface area contributed by atoms with Crippen molar-refractivity contribution in [3.8, 4) is 0 Å². The molecule has 1 aliphatic rings. The van der Waals surface area contributed by atoms with Crippen molar-refractivity contribution in [2.24, 2.45) is 5.92 Å². The van der Waals surface area contributed by atoms with Crippen molar-refractivity contribution < 1.29 is 23.8 Å². The molecule has 5 nitrogen and oxygen atoms in total. The van der Waals surface area contributed by atoms with E-state index in [2.05, 4.69) is 13.2 Å². The van der Waals surface area contributed by atoms with Crippen LogP contribution >= 0.6 is 0 Å². The highest BCUT2D eigenvalue weighted by molar-refractivity contribution is 5.87. The van der Waals surface area contributed by atoms with E-state index in [9.17, 15) is 9.59 Å². The predicted octanol–water partition coefficient (Wildman–Crippen LogP) is 2.32. The summed E-state index contributed by atoms with van der Waals surface area (Å²) >= 11 is 0. The second-order valence-corrected chi connectivity index (χ2v) is 4.78. The summed E-state index contributed by atoms with van der Waals surface area (Å²) in [5.74, 6) is -0.877.